The van der Waals surface area contributed by atoms with Gasteiger partial charge in [-0.2, -0.15) is 0 Å². The molecule has 0 aliphatic rings. The maximum atomic E-state index is 12.9. The second kappa shape index (κ2) is 10.7. The highest BCUT2D eigenvalue weighted by Crippen LogP contribution is 2.31. The van der Waals surface area contributed by atoms with Crippen LogP contribution in [-0.2, 0) is 0 Å². The molecule has 0 spiro atoms. The van der Waals surface area contributed by atoms with Gasteiger partial charge in [0.2, 0.25) is 0 Å². The number of carbonyl (C=O) groups is 1. The lowest BCUT2D eigenvalue weighted by molar-refractivity contribution is 0.0949. The van der Waals surface area contributed by atoms with Crippen LogP contribution in [0.1, 0.15) is 33.5 Å². The Balaban J connectivity index is 1.45. The molecule has 172 valence electrons. The fourth-order valence-corrected chi connectivity index (χ4v) is 3.84. The average molecular weight is 453 g/mol. The summed E-state index contributed by atoms with van der Waals surface area (Å²) in [5.41, 5.74) is 4.09. The summed E-state index contributed by atoms with van der Waals surface area (Å²) in [6.45, 7) is 4.99. The zero-order chi connectivity index (χ0) is 23.9. The molecule has 0 radical (unpaired) electrons. The first-order valence-electron chi connectivity index (χ1n) is 11.3. The van der Waals surface area contributed by atoms with Crippen LogP contribution in [0.5, 0.6) is 11.5 Å². The molecule has 0 unspecified atom stereocenters. The molecule has 0 saturated carbocycles. The summed E-state index contributed by atoms with van der Waals surface area (Å²) in [5, 5.41) is 15.1. The molecule has 4 aromatic rings. The van der Waals surface area contributed by atoms with E-state index in [1.165, 1.54) is 5.56 Å². The largest absolute Gasteiger partial charge is 0.506 e. The second-order valence-corrected chi connectivity index (χ2v) is 8.23. The fourth-order valence-electron chi connectivity index (χ4n) is 3.84. The SMILES string of the molecule is Cc1ccc(OCCCNC(=O)c2cc(C=Nc3ccccc3)c3ccccc3c2O)c(C)c1. The van der Waals surface area contributed by atoms with E-state index in [9.17, 15) is 9.90 Å². The summed E-state index contributed by atoms with van der Waals surface area (Å²) in [5.74, 6) is 0.493. The molecular formula is C29H28N2O3. The molecule has 0 fully saturated rings. The van der Waals surface area contributed by atoms with Gasteiger partial charge in [-0.3, -0.25) is 9.79 Å². The Kier molecular flexibility index (Phi) is 7.23. The second-order valence-electron chi connectivity index (χ2n) is 8.23. The third-order valence-corrected chi connectivity index (χ3v) is 5.60. The zero-order valence-electron chi connectivity index (χ0n) is 19.4. The molecule has 0 heterocycles. The molecule has 4 rings (SSSR count). The highest BCUT2D eigenvalue weighted by Gasteiger charge is 2.16. The lowest BCUT2D eigenvalue weighted by Crippen LogP contribution is -2.26. The van der Waals surface area contributed by atoms with Crippen molar-refractivity contribution in [3.63, 3.8) is 0 Å². The number of aryl methyl sites for hydroxylation is 2. The number of hydrogen-bond acceptors (Lipinski definition) is 4. The van der Waals surface area contributed by atoms with Crippen molar-refractivity contribution in [3.05, 3.63) is 101 Å². The molecule has 5 nitrogen and oxygen atoms in total. The van der Waals surface area contributed by atoms with Crippen molar-refractivity contribution in [2.75, 3.05) is 13.2 Å². The predicted octanol–water partition coefficient (Wildman–Crippen LogP) is 6.11. The van der Waals surface area contributed by atoms with Crippen LogP contribution in [0, 0.1) is 13.8 Å². The summed E-state index contributed by atoms with van der Waals surface area (Å²) in [4.78, 5) is 17.4. The van der Waals surface area contributed by atoms with Crippen LogP contribution < -0.4 is 10.1 Å². The van der Waals surface area contributed by atoms with E-state index in [1.807, 2.05) is 74.5 Å². The normalized spacial score (nSPS) is 11.1. The number of amides is 1. The van der Waals surface area contributed by atoms with E-state index in [1.54, 1.807) is 18.3 Å². The molecular weight excluding hydrogens is 424 g/mol. The number of ether oxygens (including phenoxy) is 1. The van der Waals surface area contributed by atoms with Crippen molar-refractivity contribution in [2.24, 2.45) is 4.99 Å². The van der Waals surface area contributed by atoms with Crippen LogP contribution in [0.3, 0.4) is 0 Å². The van der Waals surface area contributed by atoms with Crippen LogP contribution >= 0.6 is 0 Å². The Hall–Kier alpha value is -4.12. The van der Waals surface area contributed by atoms with Gasteiger partial charge in [-0.1, -0.05) is 60.2 Å². The van der Waals surface area contributed by atoms with Crippen molar-refractivity contribution in [1.29, 1.82) is 0 Å². The van der Waals surface area contributed by atoms with Gasteiger partial charge in [0, 0.05) is 23.7 Å². The Morgan fingerprint density at radius 2 is 1.71 bits per heavy atom. The van der Waals surface area contributed by atoms with Crippen molar-refractivity contribution in [1.82, 2.24) is 5.32 Å². The van der Waals surface area contributed by atoms with Gasteiger partial charge in [0.05, 0.1) is 17.9 Å². The standard InChI is InChI=1S/C29H28N2O3/c1-20-13-14-27(21(2)17-20)34-16-8-15-30-29(33)26-18-22(19-31-23-9-4-3-5-10-23)24-11-6-7-12-25(24)28(26)32/h3-7,9-14,17-19,32H,8,15-16H2,1-2H3,(H,30,33). The number of nitrogens with one attached hydrogen (secondary N) is 1. The van der Waals surface area contributed by atoms with Gasteiger partial charge in [0.25, 0.3) is 5.91 Å². The lowest BCUT2D eigenvalue weighted by atomic mass is 9.99. The van der Waals surface area contributed by atoms with E-state index in [2.05, 4.69) is 16.4 Å². The highest BCUT2D eigenvalue weighted by molar-refractivity contribution is 6.10. The first-order valence-corrected chi connectivity index (χ1v) is 11.3. The molecule has 0 aliphatic heterocycles. The number of benzene rings is 4. The van der Waals surface area contributed by atoms with Crippen LogP contribution in [0.4, 0.5) is 5.69 Å². The summed E-state index contributed by atoms with van der Waals surface area (Å²) >= 11 is 0. The Bertz CT molecular complexity index is 1330. The first-order chi connectivity index (χ1) is 16.5. The highest BCUT2D eigenvalue weighted by atomic mass is 16.5. The van der Waals surface area contributed by atoms with Crippen LogP contribution in [0.25, 0.3) is 10.8 Å². The number of phenols is 1. The molecule has 5 heteroatoms. The lowest BCUT2D eigenvalue weighted by Gasteiger charge is -2.12. The van der Waals surface area contributed by atoms with E-state index in [4.69, 9.17) is 4.74 Å². The van der Waals surface area contributed by atoms with Gasteiger partial charge in [-0.05, 0) is 55.5 Å². The first kappa shape index (κ1) is 23.1. The minimum absolute atomic E-state index is 0.0310. The fraction of sp³-hybridized carbons (Fsp3) is 0.172. The molecule has 0 bridgehead atoms. The number of aromatic hydroxyl groups is 1. The van der Waals surface area contributed by atoms with Gasteiger partial charge in [0.1, 0.15) is 11.5 Å². The molecule has 0 saturated heterocycles. The van der Waals surface area contributed by atoms with Crippen molar-refractivity contribution in [3.8, 4) is 11.5 Å². The Morgan fingerprint density at radius 3 is 2.47 bits per heavy atom. The van der Waals surface area contributed by atoms with E-state index in [-0.39, 0.29) is 17.2 Å². The van der Waals surface area contributed by atoms with Crippen molar-refractivity contribution >= 4 is 28.6 Å². The monoisotopic (exact) mass is 452 g/mol. The third kappa shape index (κ3) is 5.44. The maximum Gasteiger partial charge on any atom is 0.255 e. The molecule has 0 aromatic heterocycles. The van der Waals surface area contributed by atoms with Crippen molar-refractivity contribution < 1.29 is 14.6 Å². The van der Waals surface area contributed by atoms with Gasteiger partial charge in [0.15, 0.2) is 0 Å². The number of aliphatic imine (C=N–C) groups is 1. The quantitative estimate of drug-likeness (QED) is 0.250. The van der Waals surface area contributed by atoms with E-state index in [0.717, 1.165) is 28.0 Å². The van der Waals surface area contributed by atoms with Crippen LogP contribution in [0.15, 0.2) is 83.9 Å². The maximum absolute atomic E-state index is 12.9. The van der Waals surface area contributed by atoms with Gasteiger partial charge in [-0.15, -0.1) is 0 Å². The molecule has 4 aromatic carbocycles. The molecule has 34 heavy (non-hydrogen) atoms. The summed E-state index contributed by atoms with van der Waals surface area (Å²) in [7, 11) is 0. The van der Waals surface area contributed by atoms with E-state index >= 15 is 0 Å². The van der Waals surface area contributed by atoms with Gasteiger partial charge in [-0.25, -0.2) is 0 Å². The molecule has 0 aliphatic carbocycles. The number of phenolic OH excluding ortho intramolecular Hbond substituents is 1. The van der Waals surface area contributed by atoms with Crippen molar-refractivity contribution in [2.45, 2.75) is 20.3 Å². The number of carbonyl (C=O) groups excluding carboxylic acids is 1. The van der Waals surface area contributed by atoms with Gasteiger partial charge < -0.3 is 15.2 Å². The summed E-state index contributed by atoms with van der Waals surface area (Å²) in [6, 6.07) is 24.8. The summed E-state index contributed by atoms with van der Waals surface area (Å²) in [6.07, 6.45) is 2.38. The number of hydrogen-bond donors (Lipinski definition) is 2. The zero-order valence-corrected chi connectivity index (χ0v) is 19.4. The number of nitrogens with zero attached hydrogens (tertiary/aromatic N) is 1. The topological polar surface area (TPSA) is 70.9 Å². The Morgan fingerprint density at radius 1 is 0.971 bits per heavy atom. The van der Waals surface area contributed by atoms with Gasteiger partial charge >= 0.3 is 0 Å². The minimum atomic E-state index is -0.330. The number of fused-ring (bicyclic) bond motifs is 1. The smallest absolute Gasteiger partial charge is 0.255 e. The van der Waals surface area contributed by atoms with E-state index < -0.39 is 0 Å². The minimum Gasteiger partial charge on any atom is -0.506 e. The van der Waals surface area contributed by atoms with E-state index in [0.29, 0.717) is 25.0 Å². The predicted molar refractivity (Wildman–Crippen MR) is 138 cm³/mol. The molecule has 0 atom stereocenters. The summed E-state index contributed by atoms with van der Waals surface area (Å²) < 4.78 is 5.84. The third-order valence-electron chi connectivity index (χ3n) is 5.60. The molecule has 2 N–H and O–H groups in total. The number of rotatable bonds is 8. The molecule has 1 amide bonds. The number of para-hydroxylation sites is 1. The van der Waals surface area contributed by atoms with Crippen LogP contribution in [-0.4, -0.2) is 30.4 Å². The average Bonchev–Trinajstić information content (AvgIpc) is 2.85. The Labute approximate surface area is 199 Å². The van der Waals surface area contributed by atoms with Crippen LogP contribution in [0.2, 0.25) is 0 Å².